The number of nitrogens with zero attached hydrogens (tertiary/aromatic N) is 3. The van der Waals surface area contributed by atoms with Gasteiger partial charge in [0.15, 0.2) is 0 Å². The second-order valence-corrected chi connectivity index (χ2v) is 8.49. The lowest BCUT2D eigenvalue weighted by molar-refractivity contribution is 0.589. The van der Waals surface area contributed by atoms with Crippen LogP contribution in [0.3, 0.4) is 0 Å². The zero-order valence-electron chi connectivity index (χ0n) is 19.0. The number of allylic oxidation sites excluding steroid dienone is 1. The van der Waals surface area contributed by atoms with Crippen LogP contribution in [0.5, 0.6) is 0 Å². The summed E-state index contributed by atoms with van der Waals surface area (Å²) in [5.74, 6) is -0.541. The monoisotopic (exact) mass is 522 g/mol. The molecule has 2 aromatic carbocycles. The van der Waals surface area contributed by atoms with Gasteiger partial charge in [-0.05, 0) is 42.0 Å². The largest absolute Gasteiger partial charge is 0.373 e. The molecule has 4 rings (SSSR count). The number of fused-ring (bicyclic) bond motifs is 1. The Bertz CT molecular complexity index is 1460. The molecule has 0 spiro atoms. The molecule has 1 aliphatic heterocycles. The number of pyridine rings is 1. The molecule has 0 amide bonds. The number of hydrogen-bond donors (Lipinski definition) is 5. The van der Waals surface area contributed by atoms with Gasteiger partial charge in [-0.2, -0.15) is 10.8 Å². The smallest absolute Gasteiger partial charge is 0.141 e. The molecule has 0 saturated heterocycles. The molecule has 1 aromatic heterocycles. The van der Waals surface area contributed by atoms with Gasteiger partial charge in [-0.25, -0.2) is 4.39 Å². The van der Waals surface area contributed by atoms with Crippen LogP contribution in [-0.4, -0.2) is 24.3 Å². The number of rotatable bonds is 8. The average molecular weight is 523 g/mol. The Kier molecular flexibility index (Phi) is 7.71. The fourth-order valence-electron chi connectivity index (χ4n) is 3.58. The van der Waals surface area contributed by atoms with Crippen LogP contribution in [0.2, 0.25) is 10.0 Å². The molecular weight excluding hydrogens is 502 g/mol. The van der Waals surface area contributed by atoms with Crippen LogP contribution in [-0.2, 0) is 0 Å². The number of hydrogen-bond acceptors (Lipinski definition) is 8. The minimum absolute atomic E-state index is 0.0423. The second-order valence-electron chi connectivity index (χ2n) is 7.68. The average Bonchev–Trinajstić information content (AvgIpc) is 3.40. The van der Waals surface area contributed by atoms with E-state index in [0.717, 1.165) is 11.3 Å². The Morgan fingerprint density at radius 3 is 2.75 bits per heavy atom. The highest BCUT2D eigenvalue weighted by Crippen LogP contribution is 2.36. The van der Waals surface area contributed by atoms with Crippen LogP contribution in [0, 0.1) is 17.1 Å². The fourth-order valence-corrected chi connectivity index (χ4v) is 4.03. The first-order valence-corrected chi connectivity index (χ1v) is 11.4. The van der Waals surface area contributed by atoms with Crippen molar-refractivity contribution in [1.29, 1.82) is 5.26 Å². The number of hydrazine groups is 2. The number of anilines is 3. The lowest BCUT2D eigenvalue weighted by atomic mass is 10.0. The van der Waals surface area contributed by atoms with Gasteiger partial charge in [-0.3, -0.25) is 9.98 Å². The van der Waals surface area contributed by atoms with Crippen LogP contribution in [0.1, 0.15) is 5.56 Å². The predicted octanol–water partition coefficient (Wildman–Crippen LogP) is 5.34. The third-order valence-corrected chi connectivity index (χ3v) is 5.86. The Hall–Kier alpha value is -4.10. The number of benzene rings is 2. The number of nitrogens with one attached hydrogen (secondary N) is 5. The van der Waals surface area contributed by atoms with Crippen LogP contribution < -0.4 is 27.0 Å². The topological polar surface area (TPSA) is 109 Å². The van der Waals surface area contributed by atoms with Crippen molar-refractivity contribution in [3.05, 3.63) is 94.2 Å². The van der Waals surface area contributed by atoms with Crippen molar-refractivity contribution in [3.63, 3.8) is 0 Å². The summed E-state index contributed by atoms with van der Waals surface area (Å²) in [5.41, 5.74) is 12.7. The summed E-state index contributed by atoms with van der Waals surface area (Å²) in [4.78, 5) is 8.32. The SMILES string of the molecule is C=C(/C=C\C=NC)[C@H](Nc1cc(Cl)c2ncc(C#N)c(Nc3ccc(F)c(Cl)c3)c2c1)C1=CNNN1. The maximum absolute atomic E-state index is 13.7. The molecule has 3 aromatic rings. The fraction of sp³-hybridized carbons (Fsp3) is 0.0800. The summed E-state index contributed by atoms with van der Waals surface area (Å²) < 4.78 is 13.7. The molecule has 5 N–H and O–H groups in total. The molecule has 0 radical (unpaired) electrons. The summed E-state index contributed by atoms with van der Waals surface area (Å²) in [6.07, 6.45) is 8.50. The highest BCUT2D eigenvalue weighted by atomic mass is 35.5. The van der Waals surface area contributed by atoms with E-state index in [1.165, 1.54) is 24.4 Å². The minimum Gasteiger partial charge on any atom is -0.373 e. The maximum atomic E-state index is 13.7. The summed E-state index contributed by atoms with van der Waals surface area (Å²) in [6, 6.07) is 9.57. The highest BCUT2D eigenvalue weighted by molar-refractivity contribution is 6.36. The Labute approximate surface area is 217 Å². The van der Waals surface area contributed by atoms with Crippen molar-refractivity contribution < 1.29 is 4.39 Å². The first-order valence-electron chi connectivity index (χ1n) is 10.7. The van der Waals surface area contributed by atoms with Crippen LogP contribution in [0.4, 0.5) is 21.5 Å². The Morgan fingerprint density at radius 2 is 2.06 bits per heavy atom. The van der Waals surface area contributed by atoms with E-state index >= 15 is 0 Å². The molecule has 1 aliphatic rings. The first-order chi connectivity index (χ1) is 17.4. The molecule has 2 heterocycles. The number of halogens is 3. The zero-order chi connectivity index (χ0) is 25.7. The molecule has 11 heteroatoms. The van der Waals surface area contributed by atoms with E-state index in [-0.39, 0.29) is 16.6 Å². The number of nitriles is 1. The van der Waals surface area contributed by atoms with Gasteiger partial charge in [0.05, 0.1) is 38.6 Å². The molecule has 1 atom stereocenters. The van der Waals surface area contributed by atoms with E-state index in [1.807, 2.05) is 12.1 Å². The summed E-state index contributed by atoms with van der Waals surface area (Å²) in [5, 5.41) is 17.3. The molecule has 0 unspecified atom stereocenters. The summed E-state index contributed by atoms with van der Waals surface area (Å²) in [6.45, 7) is 4.18. The molecule has 0 aliphatic carbocycles. The lowest BCUT2D eigenvalue weighted by Crippen LogP contribution is -2.37. The van der Waals surface area contributed by atoms with Crippen molar-refractivity contribution in [2.45, 2.75) is 6.04 Å². The van der Waals surface area contributed by atoms with Gasteiger partial charge in [0.25, 0.3) is 0 Å². The first kappa shape index (κ1) is 25.0. The Morgan fingerprint density at radius 1 is 1.25 bits per heavy atom. The van der Waals surface area contributed by atoms with Crippen molar-refractivity contribution >= 4 is 57.4 Å². The summed E-state index contributed by atoms with van der Waals surface area (Å²) >= 11 is 12.6. The molecule has 0 bridgehead atoms. The van der Waals surface area contributed by atoms with Gasteiger partial charge in [-0.1, -0.05) is 35.9 Å². The van der Waals surface area contributed by atoms with Crippen molar-refractivity contribution in [2.75, 3.05) is 17.7 Å². The van der Waals surface area contributed by atoms with Crippen LogP contribution in [0.15, 0.2) is 77.7 Å². The number of aromatic nitrogens is 1. The molecule has 8 nitrogen and oxygen atoms in total. The minimum atomic E-state index is -0.541. The van der Waals surface area contributed by atoms with Crippen LogP contribution in [0.25, 0.3) is 10.9 Å². The van der Waals surface area contributed by atoms with Gasteiger partial charge in [0.1, 0.15) is 11.9 Å². The molecule has 182 valence electrons. The van der Waals surface area contributed by atoms with Gasteiger partial charge < -0.3 is 21.5 Å². The van der Waals surface area contributed by atoms with E-state index in [2.05, 4.69) is 49.6 Å². The van der Waals surface area contributed by atoms with E-state index in [1.54, 1.807) is 31.6 Å². The Balaban J connectivity index is 1.77. The molecule has 0 saturated carbocycles. The number of aliphatic imine (C=N–C) groups is 1. The highest BCUT2D eigenvalue weighted by Gasteiger charge is 2.21. The second kappa shape index (κ2) is 11.1. The molecular formula is C25H21Cl2FN8. The van der Waals surface area contributed by atoms with E-state index in [0.29, 0.717) is 33.0 Å². The van der Waals surface area contributed by atoms with Gasteiger partial charge in [-0.15, -0.1) is 0 Å². The third kappa shape index (κ3) is 5.42. The van der Waals surface area contributed by atoms with Crippen molar-refractivity contribution in [2.24, 2.45) is 4.99 Å². The van der Waals surface area contributed by atoms with Crippen molar-refractivity contribution in [3.8, 4) is 6.07 Å². The molecule has 36 heavy (non-hydrogen) atoms. The van der Waals surface area contributed by atoms with Crippen LogP contribution >= 0.6 is 23.2 Å². The quantitative estimate of drug-likeness (QED) is 0.200. The van der Waals surface area contributed by atoms with Gasteiger partial charge in [0.2, 0.25) is 0 Å². The third-order valence-electron chi connectivity index (χ3n) is 5.28. The predicted molar refractivity (Wildman–Crippen MR) is 144 cm³/mol. The zero-order valence-corrected chi connectivity index (χ0v) is 20.5. The normalized spacial score (nSPS) is 13.8. The van der Waals surface area contributed by atoms with Gasteiger partial charge in [0, 0.05) is 42.4 Å². The van der Waals surface area contributed by atoms with E-state index in [9.17, 15) is 9.65 Å². The van der Waals surface area contributed by atoms with Gasteiger partial charge >= 0.3 is 0 Å². The standard InChI is InChI=1S/C25H21Cl2FN8/c1-14(4-3-7-30-2)23(22-13-32-36-35-22)34-17-8-18-24(33-16-5-6-21(28)19(26)9-16)15(11-29)12-31-25(18)20(27)10-17/h3-10,12-13,23,32,34-36H,1H2,2H3,(H,31,33)/b4-3-,30-7?/t23-/m0/s1. The van der Waals surface area contributed by atoms with Crippen molar-refractivity contribution in [1.82, 2.24) is 21.4 Å². The maximum Gasteiger partial charge on any atom is 0.141 e. The van der Waals surface area contributed by atoms with E-state index in [4.69, 9.17) is 23.2 Å². The molecule has 0 fully saturated rings. The van der Waals surface area contributed by atoms with E-state index < -0.39 is 5.82 Å². The summed E-state index contributed by atoms with van der Waals surface area (Å²) in [7, 11) is 1.68. The lowest BCUT2D eigenvalue weighted by Gasteiger charge is -2.22.